The van der Waals surface area contributed by atoms with Crippen molar-refractivity contribution >= 4 is 50.7 Å². The third kappa shape index (κ3) is 7.75. The standard InChI is InChI=1S/C29H33Cl2N3O4S/c1-4-17-32-29(36)26(5-2)33(19-22-12-15-23(30)16-13-22)28(35)20-34(27-18-24(31)14-11-21(27)3)39(37,38)25-9-7-6-8-10-25/h6-16,18,26H,4-5,17,19-20H2,1-3H3,(H,32,36). The minimum absolute atomic E-state index is 0.0363. The number of carbonyl (C=O) groups is 2. The molecule has 208 valence electrons. The molecule has 7 nitrogen and oxygen atoms in total. The number of carbonyl (C=O) groups excluding carboxylic acids is 2. The van der Waals surface area contributed by atoms with E-state index in [2.05, 4.69) is 5.32 Å². The van der Waals surface area contributed by atoms with Crippen molar-refractivity contribution in [1.29, 1.82) is 0 Å². The van der Waals surface area contributed by atoms with Crippen LogP contribution in [0.1, 0.15) is 37.8 Å². The monoisotopic (exact) mass is 589 g/mol. The molecule has 0 saturated carbocycles. The largest absolute Gasteiger partial charge is 0.354 e. The topological polar surface area (TPSA) is 86.8 Å². The van der Waals surface area contributed by atoms with Crippen LogP contribution in [0.2, 0.25) is 10.0 Å². The van der Waals surface area contributed by atoms with E-state index in [-0.39, 0.29) is 23.0 Å². The average Bonchev–Trinajstić information content (AvgIpc) is 2.93. The van der Waals surface area contributed by atoms with Crippen molar-refractivity contribution in [2.75, 3.05) is 17.4 Å². The van der Waals surface area contributed by atoms with Gasteiger partial charge in [-0.1, -0.05) is 73.4 Å². The maximum Gasteiger partial charge on any atom is 0.264 e. The highest BCUT2D eigenvalue weighted by Gasteiger charge is 2.34. The molecule has 1 unspecified atom stereocenters. The first kappa shape index (κ1) is 30.5. The molecule has 0 radical (unpaired) electrons. The Bertz CT molecular complexity index is 1380. The summed E-state index contributed by atoms with van der Waals surface area (Å²) in [7, 11) is -4.16. The number of amides is 2. The molecule has 0 fully saturated rings. The normalized spacial score (nSPS) is 12.0. The minimum atomic E-state index is -4.16. The molecule has 0 bridgehead atoms. The number of hydrogen-bond donors (Lipinski definition) is 1. The Morgan fingerprint density at radius 3 is 2.18 bits per heavy atom. The van der Waals surface area contributed by atoms with E-state index in [1.807, 2.05) is 13.8 Å². The van der Waals surface area contributed by atoms with Crippen molar-refractivity contribution in [2.45, 2.75) is 51.1 Å². The van der Waals surface area contributed by atoms with Crippen LogP contribution in [-0.2, 0) is 26.2 Å². The molecule has 39 heavy (non-hydrogen) atoms. The number of halogens is 2. The van der Waals surface area contributed by atoms with Crippen LogP contribution in [0.15, 0.2) is 77.7 Å². The Hall–Kier alpha value is -3.07. The predicted octanol–water partition coefficient (Wildman–Crippen LogP) is 5.83. The number of anilines is 1. The molecule has 0 aliphatic heterocycles. The molecule has 2 amide bonds. The highest BCUT2D eigenvalue weighted by Crippen LogP contribution is 2.30. The first-order valence-electron chi connectivity index (χ1n) is 12.7. The van der Waals surface area contributed by atoms with E-state index >= 15 is 0 Å². The summed E-state index contributed by atoms with van der Waals surface area (Å²) < 4.78 is 28.8. The lowest BCUT2D eigenvalue weighted by atomic mass is 10.1. The van der Waals surface area contributed by atoms with Gasteiger partial charge in [0.15, 0.2) is 0 Å². The van der Waals surface area contributed by atoms with E-state index in [4.69, 9.17) is 23.2 Å². The van der Waals surface area contributed by atoms with Crippen molar-refractivity contribution in [3.05, 3.63) is 94.0 Å². The molecule has 1 N–H and O–H groups in total. The van der Waals surface area contributed by atoms with Gasteiger partial charge in [-0.25, -0.2) is 8.42 Å². The van der Waals surface area contributed by atoms with E-state index < -0.39 is 28.5 Å². The summed E-state index contributed by atoms with van der Waals surface area (Å²) >= 11 is 12.3. The number of hydrogen-bond acceptors (Lipinski definition) is 4. The Kier molecular flexibility index (Phi) is 10.8. The van der Waals surface area contributed by atoms with Gasteiger partial charge >= 0.3 is 0 Å². The van der Waals surface area contributed by atoms with Gasteiger partial charge in [-0.15, -0.1) is 0 Å². The van der Waals surface area contributed by atoms with Crippen LogP contribution in [0.4, 0.5) is 5.69 Å². The average molecular weight is 591 g/mol. The van der Waals surface area contributed by atoms with Gasteiger partial charge < -0.3 is 10.2 Å². The summed E-state index contributed by atoms with van der Waals surface area (Å²) in [6.45, 7) is 5.55. The summed E-state index contributed by atoms with van der Waals surface area (Å²) in [5.41, 5.74) is 1.67. The minimum Gasteiger partial charge on any atom is -0.354 e. The van der Waals surface area contributed by atoms with Crippen LogP contribution in [0, 0.1) is 6.92 Å². The van der Waals surface area contributed by atoms with Gasteiger partial charge in [-0.05, 0) is 67.3 Å². The maximum absolute atomic E-state index is 14.0. The quantitative estimate of drug-likeness (QED) is 0.288. The zero-order chi connectivity index (χ0) is 28.6. The van der Waals surface area contributed by atoms with Crippen LogP contribution in [0.5, 0.6) is 0 Å². The summed E-state index contributed by atoms with van der Waals surface area (Å²) in [5.74, 6) is -0.819. The van der Waals surface area contributed by atoms with Gasteiger partial charge in [-0.3, -0.25) is 13.9 Å². The predicted molar refractivity (Wildman–Crippen MR) is 157 cm³/mol. The zero-order valence-corrected chi connectivity index (χ0v) is 24.6. The Labute approximate surface area is 240 Å². The lowest BCUT2D eigenvalue weighted by Crippen LogP contribution is -2.52. The van der Waals surface area contributed by atoms with E-state index in [0.29, 0.717) is 28.6 Å². The lowest BCUT2D eigenvalue weighted by Gasteiger charge is -2.33. The molecule has 0 heterocycles. The fraction of sp³-hybridized carbons (Fsp3) is 0.310. The third-order valence-corrected chi connectivity index (χ3v) is 8.51. The Morgan fingerprint density at radius 2 is 1.56 bits per heavy atom. The molecular formula is C29H33Cl2N3O4S. The number of benzene rings is 3. The number of aryl methyl sites for hydroxylation is 1. The van der Waals surface area contributed by atoms with Crippen molar-refractivity contribution < 1.29 is 18.0 Å². The second-order valence-corrected chi connectivity index (χ2v) is 11.9. The van der Waals surface area contributed by atoms with Crippen molar-refractivity contribution in [1.82, 2.24) is 10.2 Å². The Morgan fingerprint density at radius 1 is 0.923 bits per heavy atom. The van der Waals surface area contributed by atoms with Gasteiger partial charge in [0.25, 0.3) is 10.0 Å². The third-order valence-electron chi connectivity index (χ3n) is 6.25. The number of nitrogens with one attached hydrogen (secondary N) is 1. The van der Waals surface area contributed by atoms with E-state index in [1.54, 1.807) is 61.5 Å². The van der Waals surface area contributed by atoms with Crippen molar-refractivity contribution in [3.8, 4) is 0 Å². The second kappa shape index (κ2) is 13.8. The number of nitrogens with zero attached hydrogens (tertiary/aromatic N) is 2. The molecule has 0 saturated heterocycles. The first-order chi connectivity index (χ1) is 18.6. The van der Waals surface area contributed by atoms with Crippen LogP contribution in [-0.4, -0.2) is 44.3 Å². The molecule has 0 aliphatic carbocycles. The summed E-state index contributed by atoms with van der Waals surface area (Å²) in [5, 5.41) is 3.74. The summed E-state index contributed by atoms with van der Waals surface area (Å²) in [4.78, 5) is 28.6. The van der Waals surface area contributed by atoms with Gasteiger partial charge in [0.05, 0.1) is 10.6 Å². The van der Waals surface area contributed by atoms with E-state index in [9.17, 15) is 18.0 Å². The van der Waals surface area contributed by atoms with Crippen molar-refractivity contribution in [3.63, 3.8) is 0 Å². The fourth-order valence-electron chi connectivity index (χ4n) is 4.16. The molecule has 1 atom stereocenters. The van der Waals surface area contributed by atoms with Crippen LogP contribution in [0.25, 0.3) is 0 Å². The maximum atomic E-state index is 14.0. The molecule has 3 aromatic carbocycles. The summed E-state index contributed by atoms with van der Waals surface area (Å²) in [6, 6.07) is 19.0. The fourth-order valence-corrected chi connectivity index (χ4v) is 5.94. The molecule has 3 aromatic rings. The Balaban J connectivity index is 2.07. The summed E-state index contributed by atoms with van der Waals surface area (Å²) in [6.07, 6.45) is 1.08. The molecule has 3 rings (SSSR count). The van der Waals surface area contributed by atoms with Crippen LogP contribution in [0.3, 0.4) is 0 Å². The molecular weight excluding hydrogens is 557 g/mol. The van der Waals surface area contributed by atoms with Crippen LogP contribution >= 0.6 is 23.2 Å². The smallest absolute Gasteiger partial charge is 0.264 e. The zero-order valence-electron chi connectivity index (χ0n) is 22.2. The molecule has 0 aromatic heterocycles. The highest BCUT2D eigenvalue weighted by atomic mass is 35.5. The highest BCUT2D eigenvalue weighted by molar-refractivity contribution is 7.92. The van der Waals surface area contributed by atoms with Crippen LogP contribution < -0.4 is 9.62 Å². The number of sulfonamides is 1. The molecule has 0 spiro atoms. The van der Waals surface area contributed by atoms with Crippen molar-refractivity contribution in [2.24, 2.45) is 0 Å². The van der Waals surface area contributed by atoms with E-state index in [0.717, 1.165) is 16.3 Å². The van der Waals surface area contributed by atoms with Gasteiger partial charge in [0.1, 0.15) is 12.6 Å². The SMILES string of the molecule is CCCNC(=O)C(CC)N(Cc1ccc(Cl)cc1)C(=O)CN(c1cc(Cl)ccc1C)S(=O)(=O)c1ccccc1. The molecule has 0 aliphatic rings. The first-order valence-corrected chi connectivity index (χ1v) is 14.9. The van der Waals surface area contributed by atoms with E-state index in [1.165, 1.54) is 23.1 Å². The van der Waals surface area contributed by atoms with Gasteiger partial charge in [0, 0.05) is 23.1 Å². The van der Waals surface area contributed by atoms with Gasteiger partial charge in [0.2, 0.25) is 11.8 Å². The lowest BCUT2D eigenvalue weighted by molar-refractivity contribution is -0.140. The second-order valence-electron chi connectivity index (χ2n) is 9.12. The molecule has 10 heteroatoms. The van der Waals surface area contributed by atoms with Gasteiger partial charge in [-0.2, -0.15) is 0 Å². The number of rotatable bonds is 12.